The zero-order valence-electron chi connectivity index (χ0n) is 11.3. The molecule has 1 aliphatic rings. The molecule has 1 saturated heterocycles. The molecule has 0 unspecified atom stereocenters. The van der Waals surface area contributed by atoms with E-state index in [1.54, 1.807) is 18.5 Å². The molecule has 0 aromatic carbocycles. The van der Waals surface area contributed by atoms with Crippen LogP contribution in [0.15, 0.2) is 18.5 Å². The number of carbonyl (C=O) groups is 1. The van der Waals surface area contributed by atoms with E-state index < -0.39 is 0 Å². The van der Waals surface area contributed by atoms with Crippen molar-refractivity contribution in [2.75, 3.05) is 29.9 Å². The van der Waals surface area contributed by atoms with Crippen LogP contribution in [0.1, 0.15) is 30.1 Å². The molecule has 0 radical (unpaired) electrons. The summed E-state index contributed by atoms with van der Waals surface area (Å²) >= 11 is 2.01. The monoisotopic (exact) mass is 279 g/mol. The fraction of sp³-hybridized carbons (Fsp3) is 0.571. The first-order valence-electron chi connectivity index (χ1n) is 6.85. The van der Waals surface area contributed by atoms with Crippen LogP contribution in [0, 0.1) is 5.92 Å². The van der Waals surface area contributed by atoms with E-state index in [4.69, 9.17) is 0 Å². The molecule has 0 aliphatic carbocycles. The Hall–Kier alpha value is -1.23. The number of carbonyl (C=O) groups excluding carboxylic acids is 1. The Morgan fingerprint density at radius 2 is 2.26 bits per heavy atom. The maximum absolute atomic E-state index is 12.2. The number of amides is 1. The van der Waals surface area contributed by atoms with Crippen molar-refractivity contribution in [2.45, 2.75) is 19.8 Å². The van der Waals surface area contributed by atoms with Gasteiger partial charge in [0.25, 0.3) is 5.91 Å². The van der Waals surface area contributed by atoms with Gasteiger partial charge >= 0.3 is 0 Å². The number of pyridine rings is 1. The summed E-state index contributed by atoms with van der Waals surface area (Å²) in [4.78, 5) is 16.2. The van der Waals surface area contributed by atoms with Crippen molar-refractivity contribution in [1.29, 1.82) is 0 Å². The second-order valence-electron chi connectivity index (χ2n) is 4.72. The molecule has 2 rings (SSSR count). The van der Waals surface area contributed by atoms with Crippen LogP contribution in [0.3, 0.4) is 0 Å². The highest BCUT2D eigenvalue weighted by atomic mass is 32.2. The van der Waals surface area contributed by atoms with E-state index in [9.17, 15) is 4.79 Å². The van der Waals surface area contributed by atoms with Gasteiger partial charge in [-0.25, -0.2) is 0 Å². The Bertz CT molecular complexity index is 419. The lowest BCUT2D eigenvalue weighted by atomic mass is 10.0. The molecule has 1 amide bonds. The van der Waals surface area contributed by atoms with Crippen molar-refractivity contribution in [2.24, 2.45) is 5.92 Å². The van der Waals surface area contributed by atoms with Crippen LogP contribution in [0.2, 0.25) is 0 Å². The zero-order chi connectivity index (χ0) is 13.5. The highest BCUT2D eigenvalue weighted by Crippen LogP contribution is 2.22. The van der Waals surface area contributed by atoms with Crippen LogP contribution in [0.4, 0.5) is 5.69 Å². The molecule has 0 spiro atoms. The third kappa shape index (κ3) is 4.13. The predicted octanol–water partition coefficient (Wildman–Crippen LogP) is 2.39. The van der Waals surface area contributed by atoms with Crippen LogP contribution in [0.25, 0.3) is 0 Å². The largest absolute Gasteiger partial charge is 0.383 e. The van der Waals surface area contributed by atoms with E-state index in [2.05, 4.69) is 15.6 Å². The van der Waals surface area contributed by atoms with Gasteiger partial charge in [-0.2, -0.15) is 11.8 Å². The third-order valence-corrected chi connectivity index (χ3v) is 4.37. The summed E-state index contributed by atoms with van der Waals surface area (Å²) in [6, 6.07) is 1.77. The molecule has 19 heavy (non-hydrogen) atoms. The van der Waals surface area contributed by atoms with Gasteiger partial charge < -0.3 is 10.6 Å². The first-order valence-corrected chi connectivity index (χ1v) is 8.00. The van der Waals surface area contributed by atoms with Crippen LogP contribution >= 0.6 is 11.8 Å². The Morgan fingerprint density at radius 1 is 1.47 bits per heavy atom. The molecule has 0 saturated carbocycles. The summed E-state index contributed by atoms with van der Waals surface area (Å²) < 4.78 is 0. The molecule has 1 fully saturated rings. The van der Waals surface area contributed by atoms with E-state index in [0.29, 0.717) is 11.5 Å². The van der Waals surface area contributed by atoms with Gasteiger partial charge in [-0.15, -0.1) is 0 Å². The van der Waals surface area contributed by atoms with Crippen LogP contribution < -0.4 is 10.6 Å². The minimum Gasteiger partial charge on any atom is -0.383 e. The average molecular weight is 279 g/mol. The molecule has 0 atom stereocenters. The molecular formula is C14H21N3OS. The van der Waals surface area contributed by atoms with E-state index in [0.717, 1.165) is 18.8 Å². The second kappa shape index (κ2) is 7.38. The number of thioether (sulfide) groups is 1. The van der Waals surface area contributed by atoms with E-state index in [1.165, 1.54) is 24.3 Å². The van der Waals surface area contributed by atoms with Gasteiger partial charge in [-0.1, -0.05) is 0 Å². The molecule has 1 aliphatic heterocycles. The van der Waals surface area contributed by atoms with Gasteiger partial charge in [0.15, 0.2) is 0 Å². The quantitative estimate of drug-likeness (QED) is 0.869. The number of anilines is 1. The van der Waals surface area contributed by atoms with Gasteiger partial charge in [-0.3, -0.25) is 9.78 Å². The maximum Gasteiger partial charge on any atom is 0.253 e. The van der Waals surface area contributed by atoms with Crippen LogP contribution in [-0.4, -0.2) is 35.5 Å². The SMILES string of the molecule is CCNc1cnccc1C(=O)NCC1CCSCC1. The normalized spacial score (nSPS) is 16.1. The molecule has 4 nitrogen and oxygen atoms in total. The Balaban J connectivity index is 1.91. The molecule has 2 heterocycles. The van der Waals surface area contributed by atoms with E-state index in [-0.39, 0.29) is 5.91 Å². The van der Waals surface area contributed by atoms with Gasteiger partial charge in [0.2, 0.25) is 0 Å². The van der Waals surface area contributed by atoms with Gasteiger partial charge in [0, 0.05) is 19.3 Å². The smallest absolute Gasteiger partial charge is 0.253 e. The van der Waals surface area contributed by atoms with Crippen molar-refractivity contribution in [3.8, 4) is 0 Å². The molecule has 104 valence electrons. The Morgan fingerprint density at radius 3 is 3.00 bits per heavy atom. The van der Waals surface area contributed by atoms with Crippen LogP contribution in [0.5, 0.6) is 0 Å². The van der Waals surface area contributed by atoms with Gasteiger partial charge in [-0.05, 0) is 43.3 Å². The van der Waals surface area contributed by atoms with Crippen LogP contribution in [-0.2, 0) is 0 Å². The van der Waals surface area contributed by atoms with Gasteiger partial charge in [0.05, 0.1) is 17.4 Å². The predicted molar refractivity (Wildman–Crippen MR) is 80.8 cm³/mol. The minimum atomic E-state index is -0.00317. The van der Waals surface area contributed by atoms with Crippen molar-refractivity contribution in [3.63, 3.8) is 0 Å². The summed E-state index contributed by atoms with van der Waals surface area (Å²) in [6.45, 7) is 3.58. The van der Waals surface area contributed by atoms with Crippen molar-refractivity contribution in [1.82, 2.24) is 10.3 Å². The average Bonchev–Trinajstić information content (AvgIpc) is 2.47. The molecule has 1 aromatic rings. The van der Waals surface area contributed by atoms with Crippen molar-refractivity contribution in [3.05, 3.63) is 24.0 Å². The fourth-order valence-corrected chi connectivity index (χ4v) is 3.41. The lowest BCUT2D eigenvalue weighted by Crippen LogP contribution is -2.31. The molecule has 2 N–H and O–H groups in total. The number of hydrogen-bond donors (Lipinski definition) is 2. The first-order chi connectivity index (χ1) is 9.31. The Labute approximate surface area is 118 Å². The third-order valence-electron chi connectivity index (χ3n) is 3.33. The van der Waals surface area contributed by atoms with E-state index in [1.807, 2.05) is 18.7 Å². The van der Waals surface area contributed by atoms with Crippen molar-refractivity contribution < 1.29 is 4.79 Å². The zero-order valence-corrected chi connectivity index (χ0v) is 12.1. The summed E-state index contributed by atoms with van der Waals surface area (Å²) in [6.07, 6.45) is 5.78. The molecule has 0 bridgehead atoms. The fourth-order valence-electron chi connectivity index (χ4n) is 2.21. The molecular weight excluding hydrogens is 258 g/mol. The molecule has 5 heteroatoms. The van der Waals surface area contributed by atoms with Crippen molar-refractivity contribution >= 4 is 23.4 Å². The number of nitrogens with one attached hydrogen (secondary N) is 2. The number of nitrogens with zero attached hydrogens (tertiary/aromatic N) is 1. The summed E-state index contributed by atoms with van der Waals surface area (Å²) in [7, 11) is 0. The minimum absolute atomic E-state index is 0.00317. The topological polar surface area (TPSA) is 54.0 Å². The number of hydrogen-bond acceptors (Lipinski definition) is 4. The van der Waals surface area contributed by atoms with E-state index >= 15 is 0 Å². The lowest BCUT2D eigenvalue weighted by Gasteiger charge is -2.21. The highest BCUT2D eigenvalue weighted by molar-refractivity contribution is 7.99. The summed E-state index contributed by atoms with van der Waals surface area (Å²) in [5.41, 5.74) is 1.49. The highest BCUT2D eigenvalue weighted by Gasteiger charge is 2.16. The summed E-state index contributed by atoms with van der Waals surface area (Å²) in [5, 5.41) is 6.22. The lowest BCUT2D eigenvalue weighted by molar-refractivity contribution is 0.0947. The number of rotatable bonds is 5. The standard InChI is InChI=1S/C14H21N3OS/c1-2-16-13-10-15-6-3-12(13)14(18)17-9-11-4-7-19-8-5-11/h3,6,10-11,16H,2,4-5,7-9H2,1H3,(H,17,18). The summed E-state index contributed by atoms with van der Waals surface area (Å²) in [5.74, 6) is 3.07. The first kappa shape index (κ1) is 14.2. The molecule has 1 aromatic heterocycles. The second-order valence-corrected chi connectivity index (χ2v) is 5.94. The maximum atomic E-state index is 12.2. The Kier molecular flexibility index (Phi) is 5.51. The number of aromatic nitrogens is 1. The van der Waals surface area contributed by atoms with Gasteiger partial charge in [0.1, 0.15) is 0 Å².